The van der Waals surface area contributed by atoms with Crippen molar-refractivity contribution >= 4 is 16.9 Å². The molecule has 1 aliphatic heterocycles. The molecule has 0 unspecified atom stereocenters. The van der Waals surface area contributed by atoms with E-state index in [0.29, 0.717) is 0 Å². The summed E-state index contributed by atoms with van der Waals surface area (Å²) >= 11 is 0. The predicted octanol–water partition coefficient (Wildman–Crippen LogP) is 0.977. The largest absolute Gasteiger partial charge is 0.354 e. The zero-order valence-electron chi connectivity index (χ0n) is 12.4. The van der Waals surface area contributed by atoms with Gasteiger partial charge in [-0.1, -0.05) is 0 Å². The minimum absolute atomic E-state index is 0.896. The topological polar surface area (TPSA) is 65.9 Å². The van der Waals surface area contributed by atoms with E-state index in [1.165, 1.54) is 0 Å². The molecule has 3 aromatic heterocycles. The van der Waals surface area contributed by atoms with E-state index >= 15 is 0 Å². The number of nitrogens with one attached hydrogen (secondary N) is 1. The summed E-state index contributed by atoms with van der Waals surface area (Å²) in [5.74, 6) is 1.06. The number of fused-ring (bicyclic) bond motifs is 1. The Morgan fingerprint density at radius 1 is 1.05 bits per heavy atom. The maximum atomic E-state index is 4.70. The predicted molar refractivity (Wildman–Crippen MR) is 84.8 cm³/mol. The molecule has 0 saturated carbocycles. The highest BCUT2D eigenvalue weighted by atomic mass is 15.3. The van der Waals surface area contributed by atoms with Crippen molar-refractivity contribution in [3.63, 3.8) is 0 Å². The molecule has 114 valence electrons. The van der Waals surface area contributed by atoms with Crippen LogP contribution < -0.4 is 4.90 Å². The van der Waals surface area contributed by atoms with Gasteiger partial charge in [-0.3, -0.25) is 9.58 Å². The Labute approximate surface area is 128 Å². The van der Waals surface area contributed by atoms with Crippen LogP contribution in [0.1, 0.15) is 0 Å². The Hall–Kier alpha value is -2.41. The molecule has 4 rings (SSSR count). The number of anilines is 1. The van der Waals surface area contributed by atoms with Gasteiger partial charge in [0.25, 0.3) is 0 Å². The molecule has 0 spiro atoms. The Kier molecular flexibility index (Phi) is 3.48. The van der Waals surface area contributed by atoms with Crippen molar-refractivity contribution in [2.24, 2.45) is 0 Å². The second-order valence-electron chi connectivity index (χ2n) is 5.57. The molecule has 3 aromatic rings. The molecule has 7 nitrogen and oxygen atoms in total. The summed E-state index contributed by atoms with van der Waals surface area (Å²) < 4.78 is 1.88. The summed E-state index contributed by atoms with van der Waals surface area (Å²) in [7, 11) is 0. The van der Waals surface area contributed by atoms with Gasteiger partial charge < -0.3 is 9.88 Å². The first-order valence-electron chi connectivity index (χ1n) is 7.62. The zero-order chi connectivity index (χ0) is 14.8. The second kappa shape index (κ2) is 5.76. The van der Waals surface area contributed by atoms with Gasteiger partial charge in [-0.2, -0.15) is 5.10 Å². The van der Waals surface area contributed by atoms with E-state index in [9.17, 15) is 0 Å². The number of H-pyrrole nitrogens is 1. The molecule has 1 saturated heterocycles. The molecule has 0 atom stereocenters. The van der Waals surface area contributed by atoms with E-state index in [2.05, 4.69) is 37.0 Å². The molecule has 0 aromatic carbocycles. The quantitative estimate of drug-likeness (QED) is 0.777. The lowest BCUT2D eigenvalue weighted by Crippen LogP contribution is -2.47. The highest BCUT2D eigenvalue weighted by Crippen LogP contribution is 2.18. The second-order valence-corrected chi connectivity index (χ2v) is 5.57. The first kappa shape index (κ1) is 13.3. The van der Waals surface area contributed by atoms with Crippen molar-refractivity contribution in [3.05, 3.63) is 37.1 Å². The molecule has 22 heavy (non-hydrogen) atoms. The van der Waals surface area contributed by atoms with Crippen LogP contribution in [0.4, 0.5) is 5.82 Å². The first-order chi connectivity index (χ1) is 10.9. The van der Waals surface area contributed by atoms with Crippen LogP contribution in [0.2, 0.25) is 0 Å². The molecule has 0 aliphatic carbocycles. The summed E-state index contributed by atoms with van der Waals surface area (Å²) in [6, 6.07) is 6.29. The molecule has 0 bridgehead atoms. The van der Waals surface area contributed by atoms with Crippen LogP contribution in [0, 0.1) is 0 Å². The number of hydrogen-bond donors (Lipinski definition) is 1. The smallest absolute Gasteiger partial charge is 0.139 e. The van der Waals surface area contributed by atoms with Gasteiger partial charge in [-0.15, -0.1) is 0 Å². The molecule has 7 heteroatoms. The third-order valence-corrected chi connectivity index (χ3v) is 4.20. The summed E-state index contributed by atoms with van der Waals surface area (Å²) in [6.07, 6.45) is 5.29. The summed E-state index contributed by atoms with van der Waals surface area (Å²) in [5, 5.41) is 5.30. The van der Waals surface area contributed by atoms with E-state index in [1.807, 2.05) is 16.9 Å². The SMILES string of the molecule is c1ncn(CCN2CCN(c3ccc4cc[nH]c4n3)CC2)n1. The number of rotatable bonds is 4. The van der Waals surface area contributed by atoms with Crippen LogP contribution in [0.15, 0.2) is 37.1 Å². The lowest BCUT2D eigenvalue weighted by atomic mass is 10.3. The van der Waals surface area contributed by atoms with Crippen molar-refractivity contribution < 1.29 is 0 Å². The highest BCUT2D eigenvalue weighted by molar-refractivity contribution is 5.77. The van der Waals surface area contributed by atoms with Crippen LogP contribution in [-0.4, -0.2) is 62.4 Å². The van der Waals surface area contributed by atoms with Gasteiger partial charge in [0.2, 0.25) is 0 Å². The Morgan fingerprint density at radius 2 is 1.95 bits per heavy atom. The molecule has 4 heterocycles. The van der Waals surface area contributed by atoms with E-state index in [-0.39, 0.29) is 0 Å². The summed E-state index contributed by atoms with van der Waals surface area (Å²) in [4.78, 5) is 16.7. The third kappa shape index (κ3) is 2.67. The summed E-state index contributed by atoms with van der Waals surface area (Å²) in [6.45, 7) is 6.04. The van der Waals surface area contributed by atoms with Gasteiger partial charge in [-0.25, -0.2) is 9.97 Å². The number of aromatic amines is 1. The number of pyridine rings is 1. The van der Waals surface area contributed by atoms with Gasteiger partial charge >= 0.3 is 0 Å². The Balaban J connectivity index is 1.34. The van der Waals surface area contributed by atoms with Gasteiger partial charge in [0.15, 0.2) is 0 Å². The maximum absolute atomic E-state index is 4.70. The van der Waals surface area contributed by atoms with Crippen LogP contribution in [0.3, 0.4) is 0 Å². The molecular weight excluding hydrogens is 278 g/mol. The number of hydrogen-bond acceptors (Lipinski definition) is 5. The lowest BCUT2D eigenvalue weighted by Gasteiger charge is -2.35. The first-order valence-corrected chi connectivity index (χ1v) is 7.62. The van der Waals surface area contributed by atoms with Crippen molar-refractivity contribution in [1.29, 1.82) is 0 Å². The highest BCUT2D eigenvalue weighted by Gasteiger charge is 2.18. The fourth-order valence-corrected chi connectivity index (χ4v) is 2.89. The number of aromatic nitrogens is 5. The Morgan fingerprint density at radius 3 is 2.77 bits per heavy atom. The molecular formula is C15H19N7. The van der Waals surface area contributed by atoms with Crippen LogP contribution in [0.25, 0.3) is 11.0 Å². The van der Waals surface area contributed by atoms with E-state index in [0.717, 1.165) is 56.1 Å². The fraction of sp³-hybridized carbons (Fsp3) is 0.400. The minimum Gasteiger partial charge on any atom is -0.354 e. The minimum atomic E-state index is 0.896. The van der Waals surface area contributed by atoms with Crippen molar-refractivity contribution in [1.82, 2.24) is 29.6 Å². The van der Waals surface area contributed by atoms with Crippen LogP contribution in [-0.2, 0) is 6.54 Å². The van der Waals surface area contributed by atoms with E-state index in [4.69, 9.17) is 4.98 Å². The number of nitrogens with zero attached hydrogens (tertiary/aromatic N) is 6. The molecule has 0 radical (unpaired) electrons. The van der Waals surface area contributed by atoms with Gasteiger partial charge in [0.05, 0.1) is 6.54 Å². The summed E-state index contributed by atoms with van der Waals surface area (Å²) in [5.41, 5.74) is 0.964. The molecule has 1 aliphatic rings. The monoisotopic (exact) mass is 297 g/mol. The third-order valence-electron chi connectivity index (χ3n) is 4.20. The van der Waals surface area contributed by atoms with Crippen molar-refractivity contribution in [2.45, 2.75) is 6.54 Å². The van der Waals surface area contributed by atoms with E-state index in [1.54, 1.807) is 12.7 Å². The van der Waals surface area contributed by atoms with Crippen LogP contribution in [0.5, 0.6) is 0 Å². The average molecular weight is 297 g/mol. The molecule has 1 fully saturated rings. The van der Waals surface area contributed by atoms with Crippen molar-refractivity contribution in [2.75, 3.05) is 37.6 Å². The van der Waals surface area contributed by atoms with Crippen LogP contribution >= 0.6 is 0 Å². The van der Waals surface area contributed by atoms with E-state index < -0.39 is 0 Å². The standard InChI is InChI=1S/C15H19N7/c1-2-14(19-15-13(1)3-4-17-15)21-8-5-20(6-9-21)7-10-22-12-16-11-18-22/h1-4,11-12H,5-10H2,(H,17,19). The van der Waals surface area contributed by atoms with Crippen molar-refractivity contribution in [3.8, 4) is 0 Å². The average Bonchev–Trinajstić information content (AvgIpc) is 3.24. The molecule has 0 amide bonds. The maximum Gasteiger partial charge on any atom is 0.139 e. The normalized spacial score (nSPS) is 16.5. The fourth-order valence-electron chi connectivity index (χ4n) is 2.89. The van der Waals surface area contributed by atoms with Gasteiger partial charge in [0, 0.05) is 44.3 Å². The van der Waals surface area contributed by atoms with Gasteiger partial charge in [0.1, 0.15) is 24.1 Å². The zero-order valence-corrected chi connectivity index (χ0v) is 12.4. The van der Waals surface area contributed by atoms with Gasteiger partial charge in [-0.05, 0) is 18.2 Å². The molecule has 1 N–H and O–H groups in total. The Bertz CT molecular complexity index is 725. The number of piperazine rings is 1. The lowest BCUT2D eigenvalue weighted by molar-refractivity contribution is 0.244.